The summed E-state index contributed by atoms with van der Waals surface area (Å²) in [5.41, 5.74) is 6.13. The first-order chi connectivity index (χ1) is 11.3. The highest BCUT2D eigenvalue weighted by Crippen LogP contribution is 2.27. The van der Waals surface area contributed by atoms with Crippen LogP contribution in [-0.2, 0) is 19.7 Å². The number of carbonyl (C=O) groups is 2. The fraction of sp³-hybridized carbons (Fsp3) is 0.278. The lowest BCUT2D eigenvalue weighted by molar-refractivity contribution is -0.146. The van der Waals surface area contributed by atoms with Gasteiger partial charge in [-0.2, -0.15) is 0 Å². The number of hydrogen-bond acceptors (Lipinski definition) is 5. The molecule has 0 aliphatic rings. The van der Waals surface area contributed by atoms with Crippen molar-refractivity contribution in [2.45, 2.75) is 26.2 Å². The van der Waals surface area contributed by atoms with E-state index in [0.29, 0.717) is 5.69 Å². The van der Waals surface area contributed by atoms with Gasteiger partial charge in [-0.3, -0.25) is 9.59 Å². The summed E-state index contributed by atoms with van der Waals surface area (Å²) in [7, 11) is 1.35. The van der Waals surface area contributed by atoms with E-state index in [9.17, 15) is 9.59 Å². The summed E-state index contributed by atoms with van der Waals surface area (Å²) in [6.07, 6.45) is 2.89. The summed E-state index contributed by atoms with van der Waals surface area (Å²) in [4.78, 5) is 27.6. The molecule has 24 heavy (non-hydrogen) atoms. The Labute approximate surface area is 142 Å². The Hall–Kier alpha value is -2.89. The molecular weight excluding hydrogens is 306 g/mol. The van der Waals surface area contributed by atoms with Crippen molar-refractivity contribution in [2.24, 2.45) is 10.7 Å². The van der Waals surface area contributed by atoms with Gasteiger partial charge in [-0.1, -0.05) is 24.8 Å². The van der Waals surface area contributed by atoms with Gasteiger partial charge in [0.25, 0.3) is 5.91 Å². The largest absolute Gasteiger partial charge is 0.468 e. The molecule has 6 heteroatoms. The van der Waals surface area contributed by atoms with Crippen molar-refractivity contribution in [1.29, 1.82) is 0 Å². The van der Waals surface area contributed by atoms with Gasteiger partial charge in [-0.15, -0.1) is 0 Å². The average Bonchev–Trinajstić information content (AvgIpc) is 2.54. The topological polar surface area (TPSA) is 93.8 Å². The minimum absolute atomic E-state index is 0.172. The second kappa shape index (κ2) is 8.10. The number of aliphatic imine (C=N–C) groups is 1. The molecule has 0 fully saturated rings. The third-order valence-electron chi connectivity index (χ3n) is 3.53. The number of esters is 1. The SMILES string of the molecule is C=C/C(C(N)=O)=C(\N=CC)Nc1cccc(C(C)(C)C(=O)OC)c1. The Morgan fingerprint density at radius 2 is 2.04 bits per heavy atom. The Morgan fingerprint density at radius 1 is 1.38 bits per heavy atom. The summed E-state index contributed by atoms with van der Waals surface area (Å²) in [6.45, 7) is 8.86. The molecule has 0 unspecified atom stereocenters. The third-order valence-corrected chi connectivity index (χ3v) is 3.53. The quantitative estimate of drug-likeness (QED) is 0.348. The number of rotatable bonds is 7. The van der Waals surface area contributed by atoms with Crippen LogP contribution in [0, 0.1) is 0 Å². The molecule has 0 aromatic heterocycles. The molecule has 0 aliphatic heterocycles. The van der Waals surface area contributed by atoms with E-state index in [4.69, 9.17) is 10.5 Å². The Kier molecular flexibility index (Phi) is 6.47. The van der Waals surface area contributed by atoms with Gasteiger partial charge < -0.3 is 15.8 Å². The van der Waals surface area contributed by atoms with Crippen LogP contribution in [0.5, 0.6) is 0 Å². The molecule has 128 valence electrons. The lowest BCUT2D eigenvalue weighted by Gasteiger charge is -2.22. The number of nitrogens with zero attached hydrogens (tertiary/aromatic N) is 1. The first-order valence-corrected chi connectivity index (χ1v) is 7.39. The van der Waals surface area contributed by atoms with E-state index in [1.54, 1.807) is 39.0 Å². The zero-order chi connectivity index (χ0) is 18.3. The molecular formula is C18H23N3O3. The maximum atomic E-state index is 12.0. The summed E-state index contributed by atoms with van der Waals surface area (Å²) < 4.78 is 4.85. The maximum absolute atomic E-state index is 12.0. The van der Waals surface area contributed by atoms with Crippen LogP contribution in [0.4, 0.5) is 5.69 Å². The lowest BCUT2D eigenvalue weighted by Crippen LogP contribution is -2.30. The van der Waals surface area contributed by atoms with Gasteiger partial charge in [-0.05, 0) is 38.5 Å². The van der Waals surface area contributed by atoms with Gasteiger partial charge >= 0.3 is 5.97 Å². The molecule has 0 atom stereocenters. The van der Waals surface area contributed by atoms with Gasteiger partial charge in [0.05, 0.1) is 18.1 Å². The van der Waals surface area contributed by atoms with E-state index in [-0.39, 0.29) is 17.4 Å². The van der Waals surface area contributed by atoms with Gasteiger partial charge in [0.15, 0.2) is 0 Å². The molecule has 1 amide bonds. The average molecular weight is 329 g/mol. The highest BCUT2D eigenvalue weighted by atomic mass is 16.5. The van der Waals surface area contributed by atoms with Crippen molar-refractivity contribution >= 4 is 23.8 Å². The molecule has 1 aromatic rings. The molecule has 0 saturated heterocycles. The zero-order valence-corrected chi connectivity index (χ0v) is 14.4. The minimum Gasteiger partial charge on any atom is -0.468 e. The second-order valence-corrected chi connectivity index (χ2v) is 5.54. The number of carbonyl (C=O) groups excluding carboxylic acids is 2. The van der Waals surface area contributed by atoms with E-state index in [0.717, 1.165) is 5.56 Å². The van der Waals surface area contributed by atoms with Crippen LogP contribution in [-0.4, -0.2) is 25.2 Å². The molecule has 0 aliphatic carbocycles. The second-order valence-electron chi connectivity index (χ2n) is 5.54. The van der Waals surface area contributed by atoms with Gasteiger partial charge in [0, 0.05) is 11.9 Å². The lowest BCUT2D eigenvalue weighted by atomic mass is 9.84. The number of nitrogens with two attached hydrogens (primary N) is 1. The standard InChI is InChI=1S/C18H23N3O3/c1-6-14(15(19)22)16(20-7-2)21-13-10-8-9-12(11-13)18(3,4)17(23)24-5/h6-11,21H,1H2,2-5H3,(H2,19,22)/b16-14-,20-7?. The van der Waals surface area contributed by atoms with Crippen LogP contribution in [0.25, 0.3) is 0 Å². The van der Waals surface area contributed by atoms with Gasteiger partial charge in [0.1, 0.15) is 5.82 Å². The third kappa shape index (κ3) is 4.32. The van der Waals surface area contributed by atoms with E-state index < -0.39 is 11.3 Å². The maximum Gasteiger partial charge on any atom is 0.315 e. The molecule has 3 N–H and O–H groups in total. The summed E-state index contributed by atoms with van der Waals surface area (Å²) >= 11 is 0. The minimum atomic E-state index is -0.810. The predicted octanol–water partition coefficient (Wildman–Crippen LogP) is 2.52. The number of amides is 1. The molecule has 0 heterocycles. The van der Waals surface area contributed by atoms with Crippen LogP contribution >= 0.6 is 0 Å². The van der Waals surface area contributed by atoms with E-state index >= 15 is 0 Å². The van der Waals surface area contributed by atoms with Crippen molar-refractivity contribution < 1.29 is 14.3 Å². The molecule has 0 radical (unpaired) electrons. The predicted molar refractivity (Wildman–Crippen MR) is 95.7 cm³/mol. The smallest absolute Gasteiger partial charge is 0.315 e. The first-order valence-electron chi connectivity index (χ1n) is 7.39. The van der Waals surface area contributed by atoms with E-state index in [1.165, 1.54) is 19.4 Å². The monoisotopic (exact) mass is 329 g/mol. The van der Waals surface area contributed by atoms with Crippen LogP contribution in [0.15, 0.2) is 53.3 Å². The molecule has 6 nitrogen and oxygen atoms in total. The molecule has 1 rings (SSSR count). The first kappa shape index (κ1) is 19.2. The van der Waals surface area contributed by atoms with Crippen molar-refractivity contribution in [3.63, 3.8) is 0 Å². The Morgan fingerprint density at radius 3 is 2.54 bits per heavy atom. The molecule has 0 bridgehead atoms. The number of hydrogen-bond donors (Lipinski definition) is 2. The van der Waals surface area contributed by atoms with Crippen molar-refractivity contribution in [3.8, 4) is 0 Å². The number of ether oxygens (including phenoxy) is 1. The normalized spacial score (nSPS) is 12.5. The van der Waals surface area contributed by atoms with Gasteiger partial charge in [0.2, 0.25) is 0 Å². The zero-order valence-electron chi connectivity index (χ0n) is 14.4. The number of methoxy groups -OCH3 is 1. The van der Waals surface area contributed by atoms with Crippen LogP contribution in [0.3, 0.4) is 0 Å². The number of nitrogens with one attached hydrogen (secondary N) is 1. The summed E-state index contributed by atoms with van der Waals surface area (Å²) in [5.74, 6) is -0.692. The highest BCUT2D eigenvalue weighted by molar-refractivity contribution is 5.96. The van der Waals surface area contributed by atoms with Crippen LogP contribution in [0.1, 0.15) is 26.3 Å². The number of primary amides is 1. The van der Waals surface area contributed by atoms with E-state index in [1.807, 2.05) is 6.07 Å². The van der Waals surface area contributed by atoms with E-state index in [2.05, 4.69) is 16.9 Å². The van der Waals surface area contributed by atoms with Crippen molar-refractivity contribution in [3.05, 3.63) is 53.9 Å². The van der Waals surface area contributed by atoms with Crippen LogP contribution in [0.2, 0.25) is 0 Å². The summed E-state index contributed by atoms with van der Waals surface area (Å²) in [6, 6.07) is 7.22. The fourth-order valence-electron chi connectivity index (χ4n) is 2.11. The number of benzene rings is 1. The highest BCUT2D eigenvalue weighted by Gasteiger charge is 2.31. The van der Waals surface area contributed by atoms with Gasteiger partial charge in [-0.25, -0.2) is 4.99 Å². The van der Waals surface area contributed by atoms with Crippen molar-refractivity contribution in [1.82, 2.24) is 0 Å². The molecule has 0 spiro atoms. The van der Waals surface area contributed by atoms with Crippen LogP contribution < -0.4 is 11.1 Å². The summed E-state index contributed by atoms with van der Waals surface area (Å²) in [5, 5.41) is 3.04. The fourth-order valence-corrected chi connectivity index (χ4v) is 2.11. The Balaban J connectivity index is 3.29. The Bertz CT molecular complexity index is 703. The molecule has 0 saturated carbocycles. The molecule has 1 aromatic carbocycles. The van der Waals surface area contributed by atoms with Crippen molar-refractivity contribution in [2.75, 3.05) is 12.4 Å². The number of anilines is 1.